The summed E-state index contributed by atoms with van der Waals surface area (Å²) < 4.78 is 0. The minimum absolute atomic E-state index is 0.0592. The highest BCUT2D eigenvalue weighted by atomic mass is 32.2. The molecule has 37 heavy (non-hydrogen) atoms. The number of rotatable bonds is 7. The normalized spacial score (nSPS) is 29.6. The number of β-lactam (4-membered cyclic amide) rings is 1. The lowest BCUT2D eigenvalue weighted by atomic mass is 10.0. The Hall–Kier alpha value is -3.46. The number of carbonyl (C=O) groups is 5. The first-order valence-corrected chi connectivity index (χ1v) is 13.8. The summed E-state index contributed by atoms with van der Waals surface area (Å²) in [6, 6.07) is -0.997. The molecule has 5 amide bonds. The number of carboxylic acid groups (broad SMARTS) is 1. The van der Waals surface area contributed by atoms with Gasteiger partial charge >= 0.3 is 12.0 Å². The average Bonchev–Trinajstić information content (AvgIpc) is 3.49. The van der Waals surface area contributed by atoms with Gasteiger partial charge in [-0.3, -0.25) is 19.3 Å². The summed E-state index contributed by atoms with van der Waals surface area (Å²) in [5, 5.41) is 20.7. The van der Waals surface area contributed by atoms with Crippen LogP contribution in [0.5, 0.6) is 0 Å². The molecule has 15 heteroatoms. The highest BCUT2D eigenvalue weighted by Gasteiger charge is 2.54. The quantitative estimate of drug-likeness (QED) is 0.203. The molecule has 1 saturated carbocycles. The van der Waals surface area contributed by atoms with E-state index in [1.54, 1.807) is 6.08 Å². The largest absolute Gasteiger partial charge is 0.477 e. The number of hydrogen-bond donors (Lipinski definition) is 5. The first-order valence-electron chi connectivity index (χ1n) is 11.8. The van der Waals surface area contributed by atoms with Crippen molar-refractivity contribution in [1.82, 2.24) is 31.1 Å². The van der Waals surface area contributed by atoms with Gasteiger partial charge in [0.15, 0.2) is 6.17 Å². The Labute approximate surface area is 219 Å². The zero-order valence-electron chi connectivity index (χ0n) is 19.4. The Bertz CT molecular complexity index is 1260. The van der Waals surface area contributed by atoms with Crippen molar-refractivity contribution in [2.45, 2.75) is 42.9 Å². The lowest BCUT2D eigenvalue weighted by Crippen LogP contribution is -2.70. The van der Waals surface area contributed by atoms with Crippen molar-refractivity contribution < 1.29 is 29.1 Å². The van der Waals surface area contributed by atoms with E-state index in [9.17, 15) is 29.1 Å². The number of nitrogens with one attached hydrogen (secondary N) is 4. The molecule has 6 aliphatic rings. The second-order valence-corrected chi connectivity index (χ2v) is 11.3. The van der Waals surface area contributed by atoms with Gasteiger partial charge in [-0.05, 0) is 30.9 Å². The number of allylic oxidation sites excluding steroid dienone is 1. The van der Waals surface area contributed by atoms with Crippen LogP contribution in [0, 0.1) is 0 Å². The van der Waals surface area contributed by atoms with Gasteiger partial charge in [-0.25, -0.2) is 14.6 Å². The number of urea groups is 1. The number of carbonyl (C=O) groups excluding carboxylic acids is 4. The Morgan fingerprint density at radius 1 is 1.30 bits per heavy atom. The van der Waals surface area contributed by atoms with Crippen LogP contribution in [0.25, 0.3) is 0 Å². The number of nitrogens with zero attached hydrogens (tertiary/aromatic N) is 3. The second-order valence-electron chi connectivity index (χ2n) is 9.24. The first-order chi connectivity index (χ1) is 17.8. The minimum Gasteiger partial charge on any atom is -0.477 e. The van der Waals surface area contributed by atoms with Crippen LogP contribution < -0.4 is 21.3 Å². The summed E-state index contributed by atoms with van der Waals surface area (Å²) in [7, 11) is 0. The van der Waals surface area contributed by atoms with Gasteiger partial charge in [0.2, 0.25) is 11.8 Å². The van der Waals surface area contributed by atoms with Crippen molar-refractivity contribution in [2.24, 2.45) is 4.99 Å². The van der Waals surface area contributed by atoms with E-state index in [1.807, 2.05) is 4.90 Å². The first kappa shape index (κ1) is 23.9. The van der Waals surface area contributed by atoms with E-state index < -0.39 is 41.4 Å². The fourth-order valence-corrected chi connectivity index (χ4v) is 7.05. The van der Waals surface area contributed by atoms with E-state index in [1.165, 1.54) is 23.0 Å². The third-order valence-corrected chi connectivity index (χ3v) is 9.13. The van der Waals surface area contributed by atoms with Gasteiger partial charge in [0.1, 0.15) is 22.1 Å². The lowest BCUT2D eigenvalue weighted by molar-refractivity contribution is -0.150. The second kappa shape index (κ2) is 9.13. The Morgan fingerprint density at radius 3 is 2.86 bits per heavy atom. The molecule has 5 heterocycles. The van der Waals surface area contributed by atoms with Crippen molar-refractivity contribution in [3.63, 3.8) is 0 Å². The van der Waals surface area contributed by atoms with Crippen LogP contribution in [0.3, 0.4) is 0 Å². The number of carboxylic acids is 1. The standard InChI is InChI=1S/C22H23N7O6S2/c30-12(7-36-17-13-16(24-8-23-13)26-22(35)27-17)25-14-19(32)29-15(21(33)34)10(6-37-20(14)29)5-9-3-4-28(18(9)31)11-1-2-11/h5,8,11,14,16,20H,1-4,6-7H2,(H,23,24)(H,25,30)(H,33,34)(H2,26,27,35)/t14-,16?,20-/m1/s1. The zero-order valence-corrected chi connectivity index (χ0v) is 21.0. The van der Waals surface area contributed by atoms with Crippen molar-refractivity contribution in [3.8, 4) is 0 Å². The minimum atomic E-state index is -1.24. The molecule has 0 bridgehead atoms. The fourth-order valence-electron chi connectivity index (χ4n) is 4.90. The van der Waals surface area contributed by atoms with Crippen LogP contribution in [-0.2, 0) is 19.2 Å². The Balaban J connectivity index is 1.11. The number of amides is 5. The molecule has 3 fully saturated rings. The fraction of sp³-hybridized carbons (Fsp3) is 0.455. The van der Waals surface area contributed by atoms with Crippen molar-refractivity contribution >= 4 is 59.6 Å². The van der Waals surface area contributed by atoms with Gasteiger partial charge < -0.3 is 31.3 Å². The molecule has 5 N–H and O–H groups in total. The molecule has 0 aromatic heterocycles. The highest BCUT2D eigenvalue weighted by Crippen LogP contribution is 2.42. The summed E-state index contributed by atoms with van der Waals surface area (Å²) >= 11 is 2.45. The number of aliphatic imine (C=N–C) groups is 1. The SMILES string of the molecule is O=C(CSC1=C2NC=NC2NC(=O)N1)N[C@@H]1C(=O)N2C(C(=O)O)=C(C=C3CCN(C4CC4)C3=O)CS[C@H]12. The van der Waals surface area contributed by atoms with Crippen LogP contribution in [-0.4, -0.2) is 92.6 Å². The van der Waals surface area contributed by atoms with E-state index >= 15 is 0 Å². The molecule has 0 aromatic rings. The summed E-state index contributed by atoms with van der Waals surface area (Å²) in [5.41, 5.74) is 1.49. The molecule has 6 rings (SSSR count). The van der Waals surface area contributed by atoms with Crippen LogP contribution in [0.15, 0.2) is 38.6 Å². The smallest absolute Gasteiger partial charge is 0.352 e. The van der Waals surface area contributed by atoms with E-state index in [0.29, 0.717) is 46.6 Å². The maximum absolute atomic E-state index is 12.9. The monoisotopic (exact) mass is 545 g/mol. The summed E-state index contributed by atoms with van der Waals surface area (Å²) in [4.78, 5) is 69.3. The topological polar surface area (TPSA) is 173 Å². The summed E-state index contributed by atoms with van der Waals surface area (Å²) in [6.45, 7) is 0.637. The maximum Gasteiger partial charge on any atom is 0.352 e. The van der Waals surface area contributed by atoms with Crippen molar-refractivity contribution in [2.75, 3.05) is 18.1 Å². The predicted octanol–water partition coefficient (Wildman–Crippen LogP) is -0.781. The van der Waals surface area contributed by atoms with Crippen LogP contribution in [0.4, 0.5) is 4.79 Å². The van der Waals surface area contributed by atoms with E-state index in [0.717, 1.165) is 24.6 Å². The number of fused-ring (bicyclic) bond motifs is 2. The molecule has 3 atom stereocenters. The van der Waals surface area contributed by atoms with Gasteiger partial charge in [0, 0.05) is 23.9 Å². The maximum atomic E-state index is 12.9. The van der Waals surface area contributed by atoms with Gasteiger partial charge in [0.25, 0.3) is 5.91 Å². The van der Waals surface area contributed by atoms with E-state index in [4.69, 9.17) is 0 Å². The summed E-state index contributed by atoms with van der Waals surface area (Å²) in [5.74, 6) is -2.00. The number of likely N-dealkylation sites (tertiary alicyclic amines) is 1. The van der Waals surface area contributed by atoms with Crippen LogP contribution >= 0.6 is 23.5 Å². The molecule has 0 aromatic carbocycles. The molecule has 0 spiro atoms. The van der Waals surface area contributed by atoms with Crippen molar-refractivity contribution in [3.05, 3.63) is 33.6 Å². The molecule has 13 nitrogen and oxygen atoms in total. The molecule has 5 aliphatic heterocycles. The van der Waals surface area contributed by atoms with Gasteiger partial charge in [0.05, 0.1) is 17.8 Å². The third-order valence-electron chi connectivity index (χ3n) is 6.81. The Kier molecular flexibility index (Phi) is 5.90. The number of aliphatic carboxylic acids is 1. The van der Waals surface area contributed by atoms with E-state index in [2.05, 4.69) is 26.3 Å². The molecule has 0 radical (unpaired) electrons. The van der Waals surface area contributed by atoms with Crippen molar-refractivity contribution in [1.29, 1.82) is 0 Å². The van der Waals surface area contributed by atoms with Gasteiger partial charge in [-0.1, -0.05) is 11.8 Å². The molecular weight excluding hydrogens is 522 g/mol. The van der Waals surface area contributed by atoms with Gasteiger partial charge in [-0.15, -0.1) is 11.8 Å². The molecule has 1 unspecified atom stereocenters. The van der Waals surface area contributed by atoms with Crippen LogP contribution in [0.1, 0.15) is 19.3 Å². The molecule has 2 saturated heterocycles. The number of hydrogen-bond acceptors (Lipinski definition) is 9. The molecular formula is C22H23N7O6S2. The van der Waals surface area contributed by atoms with Gasteiger partial charge in [-0.2, -0.15) is 0 Å². The zero-order chi connectivity index (χ0) is 25.8. The summed E-state index contributed by atoms with van der Waals surface area (Å²) in [6.07, 6.45) is 5.12. The Morgan fingerprint density at radius 2 is 2.11 bits per heavy atom. The predicted molar refractivity (Wildman–Crippen MR) is 134 cm³/mol. The molecule has 1 aliphatic carbocycles. The average molecular weight is 546 g/mol. The lowest BCUT2D eigenvalue weighted by Gasteiger charge is -2.49. The molecule has 194 valence electrons. The van der Waals surface area contributed by atoms with E-state index in [-0.39, 0.29) is 17.4 Å². The third kappa shape index (κ3) is 4.25. The highest BCUT2D eigenvalue weighted by molar-refractivity contribution is 8.03. The number of thioether (sulfide) groups is 2. The van der Waals surface area contributed by atoms with Crippen LogP contribution in [0.2, 0.25) is 0 Å².